The molecule has 0 unspecified atom stereocenters. The molecule has 0 radical (unpaired) electrons. The van der Waals surface area contributed by atoms with Crippen molar-refractivity contribution >= 4 is 27.5 Å². The Kier molecular flexibility index (Phi) is 4.50. The number of halogens is 2. The molecule has 0 aliphatic rings. The molecule has 2 aromatic rings. The summed E-state index contributed by atoms with van der Waals surface area (Å²) >= 11 is 0.927. The van der Waals surface area contributed by atoms with Crippen molar-refractivity contribution in [2.45, 2.75) is 14.7 Å². The minimum atomic E-state index is -3.60. The van der Waals surface area contributed by atoms with Crippen molar-refractivity contribution in [1.29, 1.82) is 0 Å². The summed E-state index contributed by atoms with van der Waals surface area (Å²) < 4.78 is 52.1. The highest BCUT2D eigenvalue weighted by Crippen LogP contribution is 2.35. The van der Waals surface area contributed by atoms with E-state index < -0.39 is 21.7 Å². The third-order valence-corrected chi connectivity index (χ3v) is 5.21. The van der Waals surface area contributed by atoms with E-state index in [1.165, 1.54) is 25.2 Å². The van der Waals surface area contributed by atoms with Gasteiger partial charge in [-0.3, -0.25) is 0 Å². The number of nitrogen functional groups attached to an aromatic ring is 1. The fourth-order valence-corrected chi connectivity index (χ4v) is 3.23. The van der Waals surface area contributed by atoms with Crippen LogP contribution in [-0.4, -0.2) is 15.5 Å². The van der Waals surface area contributed by atoms with Gasteiger partial charge in [-0.05, 0) is 43.4 Å². The van der Waals surface area contributed by atoms with Crippen molar-refractivity contribution in [1.82, 2.24) is 4.72 Å². The van der Waals surface area contributed by atoms with E-state index in [0.717, 1.165) is 30.0 Å². The van der Waals surface area contributed by atoms with E-state index >= 15 is 0 Å². The molecule has 0 saturated carbocycles. The molecule has 0 heterocycles. The van der Waals surface area contributed by atoms with Gasteiger partial charge in [-0.2, -0.15) is 0 Å². The summed E-state index contributed by atoms with van der Waals surface area (Å²) in [4.78, 5) is 0.520. The summed E-state index contributed by atoms with van der Waals surface area (Å²) in [6.07, 6.45) is 0. The predicted molar refractivity (Wildman–Crippen MR) is 77.6 cm³/mol. The van der Waals surface area contributed by atoms with Crippen LogP contribution in [0.5, 0.6) is 0 Å². The van der Waals surface area contributed by atoms with Crippen LogP contribution in [0.2, 0.25) is 0 Å². The van der Waals surface area contributed by atoms with Gasteiger partial charge in [0.1, 0.15) is 11.6 Å². The average Bonchev–Trinajstić information content (AvgIpc) is 2.44. The molecule has 2 rings (SSSR count). The third kappa shape index (κ3) is 3.52. The first-order valence-electron chi connectivity index (χ1n) is 5.79. The molecule has 8 heteroatoms. The topological polar surface area (TPSA) is 72.2 Å². The number of sulfonamides is 1. The normalized spacial score (nSPS) is 11.6. The van der Waals surface area contributed by atoms with Gasteiger partial charge in [-0.1, -0.05) is 11.8 Å². The molecule has 3 N–H and O–H groups in total. The molecule has 0 saturated heterocycles. The minimum absolute atomic E-state index is 0.00608. The average molecular weight is 330 g/mol. The van der Waals surface area contributed by atoms with Crippen molar-refractivity contribution in [3.05, 3.63) is 48.0 Å². The number of hydrogen-bond donors (Lipinski definition) is 2. The SMILES string of the molecule is CNS(=O)(=O)c1ccc(Sc2cc(F)ccc2F)c(N)c1. The molecular weight excluding hydrogens is 318 g/mol. The van der Waals surface area contributed by atoms with Gasteiger partial charge in [0.25, 0.3) is 0 Å². The monoisotopic (exact) mass is 330 g/mol. The Balaban J connectivity index is 2.36. The zero-order valence-electron chi connectivity index (χ0n) is 10.9. The second-order valence-corrected chi connectivity index (χ2v) is 7.05. The number of rotatable bonds is 4. The first-order chi connectivity index (χ1) is 9.83. The Morgan fingerprint density at radius 3 is 2.43 bits per heavy atom. The molecule has 0 spiro atoms. The summed E-state index contributed by atoms with van der Waals surface area (Å²) in [7, 11) is -2.31. The molecule has 0 fully saturated rings. The molecule has 21 heavy (non-hydrogen) atoms. The lowest BCUT2D eigenvalue weighted by Crippen LogP contribution is -2.18. The smallest absolute Gasteiger partial charge is 0.240 e. The first kappa shape index (κ1) is 15.7. The number of anilines is 1. The highest BCUT2D eigenvalue weighted by Gasteiger charge is 2.14. The quantitative estimate of drug-likeness (QED) is 0.845. The number of nitrogens with one attached hydrogen (secondary N) is 1. The molecule has 0 amide bonds. The van der Waals surface area contributed by atoms with Crippen molar-refractivity contribution in [2.24, 2.45) is 0 Å². The Hall–Kier alpha value is -1.64. The van der Waals surface area contributed by atoms with Gasteiger partial charge in [-0.15, -0.1) is 0 Å². The van der Waals surface area contributed by atoms with E-state index in [-0.39, 0.29) is 15.5 Å². The van der Waals surface area contributed by atoms with Crippen LogP contribution in [0.15, 0.2) is 51.1 Å². The highest BCUT2D eigenvalue weighted by atomic mass is 32.2. The lowest BCUT2D eigenvalue weighted by atomic mass is 10.3. The Bertz CT molecular complexity index is 780. The summed E-state index contributed by atoms with van der Waals surface area (Å²) in [5, 5.41) is 0. The van der Waals surface area contributed by atoms with E-state index in [2.05, 4.69) is 4.72 Å². The van der Waals surface area contributed by atoms with Crippen molar-refractivity contribution in [3.63, 3.8) is 0 Å². The van der Waals surface area contributed by atoms with Crippen LogP contribution < -0.4 is 10.5 Å². The van der Waals surface area contributed by atoms with Crippen molar-refractivity contribution in [2.75, 3.05) is 12.8 Å². The molecule has 4 nitrogen and oxygen atoms in total. The van der Waals surface area contributed by atoms with Gasteiger partial charge in [-0.25, -0.2) is 21.9 Å². The van der Waals surface area contributed by atoms with E-state index in [0.29, 0.717) is 4.90 Å². The summed E-state index contributed by atoms with van der Waals surface area (Å²) in [5.74, 6) is -1.14. The molecule has 0 atom stereocenters. The Morgan fingerprint density at radius 2 is 1.81 bits per heavy atom. The number of hydrogen-bond acceptors (Lipinski definition) is 4. The number of benzene rings is 2. The van der Waals surface area contributed by atoms with Crippen LogP contribution in [-0.2, 0) is 10.0 Å². The lowest BCUT2D eigenvalue weighted by Gasteiger charge is -2.09. The van der Waals surface area contributed by atoms with Gasteiger partial charge in [0.05, 0.1) is 9.79 Å². The number of nitrogens with two attached hydrogens (primary N) is 1. The van der Waals surface area contributed by atoms with Crippen LogP contribution in [0.1, 0.15) is 0 Å². The third-order valence-electron chi connectivity index (χ3n) is 2.67. The molecule has 0 aliphatic heterocycles. The summed E-state index contributed by atoms with van der Waals surface area (Å²) in [6, 6.07) is 7.17. The summed E-state index contributed by atoms with van der Waals surface area (Å²) in [6.45, 7) is 0. The summed E-state index contributed by atoms with van der Waals surface area (Å²) in [5.41, 5.74) is 5.95. The van der Waals surface area contributed by atoms with Gasteiger partial charge in [0, 0.05) is 10.6 Å². The second-order valence-electron chi connectivity index (χ2n) is 4.08. The molecule has 0 bridgehead atoms. The highest BCUT2D eigenvalue weighted by molar-refractivity contribution is 7.99. The fraction of sp³-hybridized carbons (Fsp3) is 0.0769. The van der Waals surface area contributed by atoms with Gasteiger partial charge >= 0.3 is 0 Å². The van der Waals surface area contributed by atoms with E-state index in [4.69, 9.17) is 5.73 Å². The maximum Gasteiger partial charge on any atom is 0.240 e. The van der Waals surface area contributed by atoms with Crippen molar-refractivity contribution in [3.8, 4) is 0 Å². The zero-order chi connectivity index (χ0) is 15.6. The predicted octanol–water partition coefficient (Wildman–Crippen LogP) is 2.61. The fourth-order valence-electron chi connectivity index (χ4n) is 1.58. The van der Waals surface area contributed by atoms with Crippen LogP contribution in [0.25, 0.3) is 0 Å². The minimum Gasteiger partial charge on any atom is -0.398 e. The molecule has 0 aliphatic carbocycles. The molecule has 112 valence electrons. The van der Waals surface area contributed by atoms with Gasteiger partial charge < -0.3 is 5.73 Å². The van der Waals surface area contributed by atoms with E-state index in [1.807, 2.05) is 0 Å². The standard InChI is InChI=1S/C13H12F2N2O2S2/c1-17-21(18,19)9-3-5-12(11(16)7-9)20-13-6-8(14)2-4-10(13)15/h2-7,17H,16H2,1H3. The van der Waals surface area contributed by atoms with Gasteiger partial charge in [0.2, 0.25) is 10.0 Å². The van der Waals surface area contributed by atoms with Gasteiger partial charge in [0.15, 0.2) is 0 Å². The van der Waals surface area contributed by atoms with E-state index in [9.17, 15) is 17.2 Å². The van der Waals surface area contributed by atoms with E-state index in [1.54, 1.807) is 0 Å². The van der Waals surface area contributed by atoms with Crippen LogP contribution in [0.4, 0.5) is 14.5 Å². The second kappa shape index (κ2) is 6.00. The molecule has 0 aromatic heterocycles. The van der Waals surface area contributed by atoms with Crippen LogP contribution in [0, 0.1) is 11.6 Å². The Labute approximate surface area is 125 Å². The van der Waals surface area contributed by atoms with Crippen LogP contribution >= 0.6 is 11.8 Å². The Morgan fingerprint density at radius 1 is 1.10 bits per heavy atom. The first-order valence-corrected chi connectivity index (χ1v) is 8.09. The van der Waals surface area contributed by atoms with Crippen molar-refractivity contribution < 1.29 is 17.2 Å². The molecular formula is C13H12F2N2O2S2. The maximum atomic E-state index is 13.6. The lowest BCUT2D eigenvalue weighted by molar-refractivity contribution is 0.577. The molecule has 2 aromatic carbocycles. The van der Waals surface area contributed by atoms with Crippen LogP contribution in [0.3, 0.4) is 0 Å². The maximum absolute atomic E-state index is 13.6. The zero-order valence-corrected chi connectivity index (χ0v) is 12.6. The largest absolute Gasteiger partial charge is 0.398 e.